The van der Waals surface area contributed by atoms with E-state index in [1.54, 1.807) is 12.1 Å². The molecule has 1 aliphatic heterocycles. The zero-order valence-corrected chi connectivity index (χ0v) is 14.7. The number of hydrogen-bond acceptors (Lipinski definition) is 5. The van der Waals surface area contributed by atoms with E-state index >= 15 is 0 Å². The van der Waals surface area contributed by atoms with Crippen LogP contribution in [0.1, 0.15) is 22.3 Å². The first-order valence-corrected chi connectivity index (χ1v) is 9.00. The molecule has 6 heteroatoms. The molecule has 4 rings (SSSR count). The molecule has 24 heavy (non-hydrogen) atoms. The number of benzene rings is 1. The standard InChI is InChI=1S/C18H17BrO5/c1-8-2-4-9(5-3-8)12(20)7-23-17(21)13-10-6-11-14(13)18(22)24-16(11)15(10)19/h2-5,10-11,13-16H,6-7H2,1H3/t10-,11-,13+,14+,15-,16+/m1/s1. The van der Waals surface area contributed by atoms with Gasteiger partial charge < -0.3 is 9.47 Å². The van der Waals surface area contributed by atoms with Gasteiger partial charge in [-0.1, -0.05) is 45.8 Å². The summed E-state index contributed by atoms with van der Waals surface area (Å²) in [4.78, 5) is 36.7. The van der Waals surface area contributed by atoms with Crippen LogP contribution in [-0.4, -0.2) is 35.3 Å². The molecule has 5 nitrogen and oxygen atoms in total. The number of carbonyl (C=O) groups is 3. The molecular formula is C18H17BrO5. The topological polar surface area (TPSA) is 69.7 Å². The summed E-state index contributed by atoms with van der Waals surface area (Å²) in [5.74, 6) is -1.78. The maximum atomic E-state index is 12.5. The first kappa shape index (κ1) is 15.8. The first-order chi connectivity index (χ1) is 11.5. The molecule has 0 radical (unpaired) electrons. The van der Waals surface area contributed by atoms with E-state index in [9.17, 15) is 14.4 Å². The highest BCUT2D eigenvalue weighted by atomic mass is 79.9. The maximum Gasteiger partial charge on any atom is 0.310 e. The number of alkyl halides is 1. The van der Waals surface area contributed by atoms with E-state index in [2.05, 4.69) is 15.9 Å². The van der Waals surface area contributed by atoms with Crippen LogP contribution in [0.15, 0.2) is 24.3 Å². The SMILES string of the molecule is Cc1ccc(C(=O)COC(=O)[C@H]2[C@H]3C[C@H]4[C@H](OC(=O)[C@@H]42)[C@@H]3Br)cc1. The summed E-state index contributed by atoms with van der Waals surface area (Å²) in [6.45, 7) is 1.64. The summed E-state index contributed by atoms with van der Waals surface area (Å²) in [5, 5.41) is 0. The van der Waals surface area contributed by atoms with Gasteiger partial charge in [0.1, 0.15) is 6.10 Å². The van der Waals surface area contributed by atoms with Crippen molar-refractivity contribution in [3.8, 4) is 0 Å². The number of ketones is 1. The van der Waals surface area contributed by atoms with Crippen molar-refractivity contribution in [3.63, 3.8) is 0 Å². The highest BCUT2D eigenvalue weighted by Crippen LogP contribution is 2.60. The first-order valence-electron chi connectivity index (χ1n) is 8.08. The van der Waals surface area contributed by atoms with Gasteiger partial charge in [-0.05, 0) is 19.3 Å². The average molecular weight is 393 g/mol. The largest absolute Gasteiger partial charge is 0.461 e. The van der Waals surface area contributed by atoms with E-state index in [0.29, 0.717) is 5.56 Å². The number of hydrogen-bond donors (Lipinski definition) is 0. The van der Waals surface area contributed by atoms with Gasteiger partial charge in [-0.2, -0.15) is 0 Å². The molecule has 2 saturated carbocycles. The summed E-state index contributed by atoms with van der Waals surface area (Å²) in [5.41, 5.74) is 1.57. The predicted molar refractivity (Wildman–Crippen MR) is 87.6 cm³/mol. The molecule has 1 aromatic carbocycles. The minimum atomic E-state index is -0.503. The van der Waals surface area contributed by atoms with Gasteiger partial charge in [-0.15, -0.1) is 0 Å². The van der Waals surface area contributed by atoms with Crippen molar-refractivity contribution in [1.29, 1.82) is 0 Å². The number of esters is 2. The van der Waals surface area contributed by atoms with Gasteiger partial charge in [0, 0.05) is 11.5 Å². The molecule has 0 N–H and O–H groups in total. The number of fused-ring (bicyclic) bond motifs is 1. The summed E-state index contributed by atoms with van der Waals surface area (Å²) in [6, 6.07) is 7.12. The second-order valence-corrected chi connectivity index (χ2v) is 7.92. The summed E-state index contributed by atoms with van der Waals surface area (Å²) in [7, 11) is 0. The van der Waals surface area contributed by atoms with Crippen molar-refractivity contribution in [2.45, 2.75) is 24.3 Å². The second kappa shape index (κ2) is 5.69. The van der Waals surface area contributed by atoms with Gasteiger partial charge in [0.25, 0.3) is 0 Å². The third kappa shape index (κ3) is 2.31. The molecule has 2 aliphatic carbocycles. The van der Waals surface area contributed by atoms with Crippen molar-refractivity contribution >= 4 is 33.7 Å². The molecule has 3 aliphatic rings. The Labute approximate surface area is 147 Å². The van der Waals surface area contributed by atoms with Gasteiger partial charge in [-0.25, -0.2) is 0 Å². The minimum absolute atomic E-state index is 0.00412. The predicted octanol–water partition coefficient (Wildman–Crippen LogP) is 2.29. The lowest BCUT2D eigenvalue weighted by atomic mass is 9.80. The third-order valence-electron chi connectivity index (χ3n) is 5.51. The van der Waals surface area contributed by atoms with E-state index < -0.39 is 17.8 Å². The highest BCUT2D eigenvalue weighted by molar-refractivity contribution is 9.09. The summed E-state index contributed by atoms with van der Waals surface area (Å²) >= 11 is 3.56. The van der Waals surface area contributed by atoms with Crippen LogP contribution >= 0.6 is 15.9 Å². The number of Topliss-reactive ketones (excluding diaryl/α,β-unsaturated/α-hetero) is 1. The Hall–Kier alpha value is -1.69. The quantitative estimate of drug-likeness (QED) is 0.446. The lowest BCUT2D eigenvalue weighted by Crippen LogP contribution is -2.39. The Morgan fingerprint density at radius 1 is 1.25 bits per heavy atom. The maximum absolute atomic E-state index is 12.5. The van der Waals surface area contributed by atoms with E-state index in [1.165, 1.54) is 0 Å². The van der Waals surface area contributed by atoms with E-state index in [1.807, 2.05) is 19.1 Å². The lowest BCUT2D eigenvalue weighted by molar-refractivity contribution is -0.154. The molecule has 1 heterocycles. The fourth-order valence-corrected chi connectivity index (χ4v) is 5.39. The van der Waals surface area contributed by atoms with Crippen molar-refractivity contribution in [3.05, 3.63) is 35.4 Å². The summed E-state index contributed by atoms with van der Waals surface area (Å²) < 4.78 is 10.6. The van der Waals surface area contributed by atoms with Crippen molar-refractivity contribution in [1.82, 2.24) is 0 Å². The van der Waals surface area contributed by atoms with Crippen LogP contribution in [0.25, 0.3) is 0 Å². The molecule has 1 saturated heterocycles. The number of aryl methyl sites for hydroxylation is 1. The highest BCUT2D eigenvalue weighted by Gasteiger charge is 2.68. The molecule has 2 bridgehead atoms. The monoisotopic (exact) mass is 392 g/mol. The second-order valence-electron chi connectivity index (χ2n) is 6.86. The van der Waals surface area contributed by atoms with Crippen LogP contribution in [-0.2, 0) is 19.1 Å². The van der Waals surface area contributed by atoms with Crippen LogP contribution in [0.4, 0.5) is 0 Å². The van der Waals surface area contributed by atoms with Gasteiger partial charge in [0.05, 0.1) is 16.7 Å². The minimum Gasteiger partial charge on any atom is -0.461 e. The Balaban J connectivity index is 1.43. The molecule has 0 amide bonds. The molecule has 3 fully saturated rings. The van der Waals surface area contributed by atoms with Crippen molar-refractivity contribution in [2.75, 3.05) is 6.61 Å². The summed E-state index contributed by atoms with van der Waals surface area (Å²) in [6.07, 6.45) is 0.675. The Morgan fingerprint density at radius 3 is 2.67 bits per heavy atom. The Kier molecular flexibility index (Phi) is 3.75. The fraction of sp³-hybridized carbons (Fsp3) is 0.500. The van der Waals surface area contributed by atoms with Crippen LogP contribution in [0.5, 0.6) is 0 Å². The van der Waals surface area contributed by atoms with Gasteiger partial charge in [0.15, 0.2) is 12.4 Å². The number of halogens is 1. The molecule has 6 atom stereocenters. The van der Waals surface area contributed by atoms with Crippen molar-refractivity contribution in [2.24, 2.45) is 23.7 Å². The van der Waals surface area contributed by atoms with Crippen LogP contribution < -0.4 is 0 Å². The van der Waals surface area contributed by atoms with Gasteiger partial charge in [0.2, 0.25) is 0 Å². The normalized spacial score (nSPS) is 35.8. The average Bonchev–Trinajstić information content (AvgIpc) is 3.17. The Bertz CT molecular complexity index is 713. The van der Waals surface area contributed by atoms with E-state index in [4.69, 9.17) is 9.47 Å². The zero-order valence-electron chi connectivity index (χ0n) is 13.1. The number of ether oxygens (including phenoxy) is 2. The van der Waals surface area contributed by atoms with Gasteiger partial charge in [-0.3, -0.25) is 14.4 Å². The lowest BCUT2D eigenvalue weighted by Gasteiger charge is -2.26. The molecular weight excluding hydrogens is 376 g/mol. The smallest absolute Gasteiger partial charge is 0.310 e. The van der Waals surface area contributed by atoms with Crippen LogP contribution in [0, 0.1) is 30.6 Å². The zero-order chi connectivity index (χ0) is 17.0. The van der Waals surface area contributed by atoms with E-state index in [-0.39, 0.29) is 41.1 Å². The van der Waals surface area contributed by atoms with E-state index in [0.717, 1.165) is 12.0 Å². The fourth-order valence-electron chi connectivity index (χ4n) is 4.35. The molecule has 126 valence electrons. The van der Waals surface area contributed by atoms with Crippen LogP contribution in [0.2, 0.25) is 0 Å². The Morgan fingerprint density at radius 2 is 1.96 bits per heavy atom. The van der Waals surface area contributed by atoms with Crippen LogP contribution in [0.3, 0.4) is 0 Å². The molecule has 0 unspecified atom stereocenters. The third-order valence-corrected chi connectivity index (χ3v) is 6.71. The number of rotatable bonds is 4. The molecule has 1 aromatic rings. The van der Waals surface area contributed by atoms with Gasteiger partial charge >= 0.3 is 11.9 Å². The number of carbonyl (C=O) groups excluding carboxylic acids is 3. The molecule has 0 aromatic heterocycles. The van der Waals surface area contributed by atoms with Crippen molar-refractivity contribution < 1.29 is 23.9 Å². The molecule has 0 spiro atoms.